The lowest BCUT2D eigenvalue weighted by molar-refractivity contribution is 0.0504. The van der Waals surface area contributed by atoms with Crippen molar-refractivity contribution >= 4 is 0 Å². The number of nitrogens with zero attached hydrogens (tertiary/aromatic N) is 4. The van der Waals surface area contributed by atoms with Crippen molar-refractivity contribution in [3.05, 3.63) is 36.3 Å². The molecule has 3 aliphatic rings. The smallest absolute Gasteiger partial charge is 0.123 e. The first-order valence-electron chi connectivity index (χ1n) is 7.20. The van der Waals surface area contributed by atoms with E-state index >= 15 is 0 Å². The lowest BCUT2D eigenvalue weighted by Gasteiger charge is -2.44. The summed E-state index contributed by atoms with van der Waals surface area (Å²) in [5.41, 5.74) is 1.74. The molecule has 104 valence electrons. The van der Waals surface area contributed by atoms with E-state index in [2.05, 4.69) is 15.2 Å². The molecule has 1 atom stereocenters. The van der Waals surface area contributed by atoms with Crippen molar-refractivity contribution in [3.8, 4) is 11.3 Å². The third-order valence-electron chi connectivity index (χ3n) is 4.61. The Kier molecular flexibility index (Phi) is 2.80. The van der Waals surface area contributed by atoms with Gasteiger partial charge in [-0.05, 0) is 56.1 Å². The molecule has 0 spiro atoms. The Morgan fingerprint density at radius 3 is 2.50 bits per heavy atom. The van der Waals surface area contributed by atoms with Gasteiger partial charge in [-0.3, -0.25) is 0 Å². The number of aromatic nitrogens is 3. The Bertz CT molecular complexity index is 599. The van der Waals surface area contributed by atoms with Crippen LogP contribution in [0, 0.1) is 11.7 Å². The number of hydrogen-bond acceptors (Lipinski definition) is 3. The van der Waals surface area contributed by atoms with Crippen molar-refractivity contribution in [2.24, 2.45) is 5.92 Å². The highest BCUT2D eigenvalue weighted by atomic mass is 19.1. The van der Waals surface area contributed by atoms with Gasteiger partial charge in [-0.15, -0.1) is 5.10 Å². The van der Waals surface area contributed by atoms with Crippen LogP contribution in [0.15, 0.2) is 30.5 Å². The minimum Gasteiger partial charge on any atom is -0.301 e. The lowest BCUT2D eigenvalue weighted by Crippen LogP contribution is -2.48. The van der Waals surface area contributed by atoms with Crippen molar-refractivity contribution in [1.82, 2.24) is 19.9 Å². The Hall–Kier alpha value is -1.75. The van der Waals surface area contributed by atoms with Crippen LogP contribution in [-0.4, -0.2) is 39.5 Å². The second-order valence-electron chi connectivity index (χ2n) is 5.80. The number of benzene rings is 1. The Morgan fingerprint density at radius 1 is 1.10 bits per heavy atom. The first-order valence-corrected chi connectivity index (χ1v) is 7.20. The van der Waals surface area contributed by atoms with E-state index < -0.39 is 0 Å². The number of fused-ring (bicyclic) bond motifs is 3. The highest BCUT2D eigenvalue weighted by molar-refractivity contribution is 5.57. The fraction of sp³-hybridized carbons (Fsp3) is 0.467. The first-order chi connectivity index (χ1) is 9.79. The summed E-state index contributed by atoms with van der Waals surface area (Å²) in [6.07, 6.45) is 4.52. The predicted molar refractivity (Wildman–Crippen MR) is 73.6 cm³/mol. The summed E-state index contributed by atoms with van der Waals surface area (Å²) in [4.78, 5) is 2.50. The van der Waals surface area contributed by atoms with Gasteiger partial charge in [0.15, 0.2) is 0 Å². The molecule has 0 aliphatic carbocycles. The van der Waals surface area contributed by atoms with Gasteiger partial charge in [0.05, 0.1) is 12.2 Å². The third kappa shape index (κ3) is 2.02. The lowest BCUT2D eigenvalue weighted by atomic mass is 9.84. The van der Waals surface area contributed by atoms with Crippen molar-refractivity contribution in [2.75, 3.05) is 19.6 Å². The number of hydrogen-bond donors (Lipinski definition) is 0. The van der Waals surface area contributed by atoms with Crippen molar-refractivity contribution in [3.63, 3.8) is 0 Å². The van der Waals surface area contributed by atoms with E-state index in [1.165, 1.54) is 38.1 Å². The topological polar surface area (TPSA) is 34.0 Å². The molecule has 1 aromatic heterocycles. The summed E-state index contributed by atoms with van der Waals surface area (Å²) in [6, 6.07) is 6.87. The van der Waals surface area contributed by atoms with Crippen LogP contribution in [0.25, 0.3) is 11.3 Å². The number of rotatable bonds is 2. The predicted octanol–water partition coefficient (Wildman–Crippen LogP) is 2.35. The molecule has 0 unspecified atom stereocenters. The Balaban J connectivity index is 1.60. The van der Waals surface area contributed by atoms with Crippen LogP contribution in [0.2, 0.25) is 0 Å². The van der Waals surface area contributed by atoms with Gasteiger partial charge in [0.1, 0.15) is 11.5 Å². The summed E-state index contributed by atoms with van der Waals surface area (Å²) in [6.45, 7) is 3.53. The standard InChI is InChI=1S/C15H17FN4/c16-13-3-1-11(2-4-13)14-9-20(18-17-14)15-10-19-7-5-12(15)6-8-19/h1-4,9,12,15H,5-8,10H2/t15-/m1/s1. The molecule has 0 saturated carbocycles. The molecule has 0 radical (unpaired) electrons. The highest BCUT2D eigenvalue weighted by Gasteiger charge is 2.35. The molecule has 0 N–H and O–H groups in total. The molecular formula is C15H17FN4. The van der Waals surface area contributed by atoms with Gasteiger partial charge in [-0.25, -0.2) is 9.07 Å². The fourth-order valence-electron chi connectivity index (χ4n) is 3.43. The monoisotopic (exact) mass is 272 g/mol. The van der Waals surface area contributed by atoms with E-state index in [1.54, 1.807) is 12.1 Å². The van der Waals surface area contributed by atoms with Crippen LogP contribution >= 0.6 is 0 Å². The van der Waals surface area contributed by atoms with Crippen LogP contribution in [0.4, 0.5) is 4.39 Å². The van der Waals surface area contributed by atoms with E-state index in [9.17, 15) is 4.39 Å². The van der Waals surface area contributed by atoms with E-state index in [-0.39, 0.29) is 5.82 Å². The van der Waals surface area contributed by atoms with E-state index in [0.29, 0.717) is 6.04 Å². The van der Waals surface area contributed by atoms with Crippen LogP contribution in [0.3, 0.4) is 0 Å². The number of piperidine rings is 3. The summed E-state index contributed by atoms with van der Waals surface area (Å²) in [5, 5.41) is 8.55. The maximum atomic E-state index is 13.0. The van der Waals surface area contributed by atoms with E-state index in [4.69, 9.17) is 0 Å². The largest absolute Gasteiger partial charge is 0.301 e. The summed E-state index contributed by atoms with van der Waals surface area (Å²) in [7, 11) is 0. The summed E-state index contributed by atoms with van der Waals surface area (Å²) >= 11 is 0. The van der Waals surface area contributed by atoms with Crippen molar-refractivity contribution in [2.45, 2.75) is 18.9 Å². The molecule has 4 nitrogen and oxygen atoms in total. The van der Waals surface area contributed by atoms with Crippen molar-refractivity contribution < 1.29 is 4.39 Å². The van der Waals surface area contributed by atoms with Crippen LogP contribution in [0.5, 0.6) is 0 Å². The third-order valence-corrected chi connectivity index (χ3v) is 4.61. The van der Waals surface area contributed by atoms with Gasteiger partial charge in [-0.2, -0.15) is 0 Å². The summed E-state index contributed by atoms with van der Waals surface area (Å²) in [5.74, 6) is 0.501. The van der Waals surface area contributed by atoms with Crippen LogP contribution in [-0.2, 0) is 0 Å². The summed E-state index contributed by atoms with van der Waals surface area (Å²) < 4.78 is 15.0. The molecule has 3 aliphatic heterocycles. The molecule has 1 aromatic carbocycles. The average Bonchev–Trinajstić information content (AvgIpc) is 2.99. The SMILES string of the molecule is Fc1ccc(-c2cn([C@@H]3CN4CCC3CC4)nn2)cc1. The van der Waals surface area contributed by atoms with Gasteiger partial charge in [0.25, 0.3) is 0 Å². The molecule has 5 heteroatoms. The molecule has 2 aromatic rings. The highest BCUT2D eigenvalue weighted by Crippen LogP contribution is 2.35. The zero-order valence-corrected chi connectivity index (χ0v) is 11.2. The maximum Gasteiger partial charge on any atom is 0.123 e. The van der Waals surface area contributed by atoms with Gasteiger partial charge >= 0.3 is 0 Å². The second-order valence-corrected chi connectivity index (χ2v) is 5.80. The number of halogens is 1. The fourth-order valence-corrected chi connectivity index (χ4v) is 3.43. The molecule has 3 saturated heterocycles. The average molecular weight is 272 g/mol. The van der Waals surface area contributed by atoms with Crippen molar-refractivity contribution in [1.29, 1.82) is 0 Å². The molecule has 4 heterocycles. The Labute approximate surface area is 117 Å². The minimum atomic E-state index is -0.224. The molecule has 5 rings (SSSR count). The van der Waals surface area contributed by atoms with Gasteiger partial charge in [0, 0.05) is 12.1 Å². The second kappa shape index (κ2) is 4.66. The molecule has 20 heavy (non-hydrogen) atoms. The van der Waals surface area contributed by atoms with Gasteiger partial charge in [0.2, 0.25) is 0 Å². The van der Waals surface area contributed by atoms with Crippen LogP contribution in [0.1, 0.15) is 18.9 Å². The molecule has 2 bridgehead atoms. The zero-order chi connectivity index (χ0) is 13.5. The van der Waals surface area contributed by atoms with E-state index in [1.807, 2.05) is 10.9 Å². The van der Waals surface area contributed by atoms with Gasteiger partial charge < -0.3 is 4.90 Å². The quantitative estimate of drug-likeness (QED) is 0.841. The van der Waals surface area contributed by atoms with E-state index in [0.717, 1.165) is 23.7 Å². The van der Waals surface area contributed by atoms with Gasteiger partial charge in [-0.1, -0.05) is 5.21 Å². The molecule has 0 amide bonds. The normalized spacial score (nSPS) is 28.8. The minimum absolute atomic E-state index is 0.224. The van der Waals surface area contributed by atoms with Crippen LogP contribution < -0.4 is 0 Å². The molecular weight excluding hydrogens is 255 g/mol. The Morgan fingerprint density at radius 2 is 1.85 bits per heavy atom. The zero-order valence-electron chi connectivity index (χ0n) is 11.2. The maximum absolute atomic E-state index is 13.0. The first kappa shape index (κ1) is 12.0. The molecule has 3 fully saturated rings.